The van der Waals surface area contributed by atoms with Crippen LogP contribution in [0.1, 0.15) is 47.1 Å². The summed E-state index contributed by atoms with van der Waals surface area (Å²) in [6, 6.07) is 4.52. The van der Waals surface area contributed by atoms with Crippen molar-refractivity contribution in [1.29, 1.82) is 0 Å². The van der Waals surface area contributed by atoms with Gasteiger partial charge in [-0.05, 0) is 17.0 Å². The highest BCUT2D eigenvalue weighted by atomic mass is 16.4. The lowest BCUT2D eigenvalue weighted by molar-refractivity contribution is -0.115. The highest BCUT2D eigenvalue weighted by molar-refractivity contribution is 6.03. The molecule has 0 fully saturated rings. The molecular formula is C15H21NO5. The molecule has 0 saturated carbocycles. The number of nitrogens with zero attached hydrogens (tertiary/aromatic N) is 1. The summed E-state index contributed by atoms with van der Waals surface area (Å²) in [6.07, 6.45) is 0.750. The predicted molar refractivity (Wildman–Crippen MR) is 78.8 cm³/mol. The van der Waals surface area contributed by atoms with Gasteiger partial charge in [-0.25, -0.2) is 9.59 Å². The van der Waals surface area contributed by atoms with Crippen LogP contribution in [0.25, 0.3) is 0 Å². The second kappa shape index (κ2) is 7.42. The number of amides is 1. The Hall–Kier alpha value is -2.37. The average Bonchev–Trinajstić information content (AvgIpc) is 2.37. The molecule has 0 aromatic heterocycles. The molecule has 0 saturated heterocycles. The Kier molecular flexibility index (Phi) is 6.58. The molecule has 6 heteroatoms. The first-order valence-corrected chi connectivity index (χ1v) is 6.24. The van der Waals surface area contributed by atoms with Crippen LogP contribution in [0.5, 0.6) is 0 Å². The molecule has 0 aliphatic rings. The Balaban J connectivity index is 0.000000690. The van der Waals surface area contributed by atoms with Gasteiger partial charge in [0.15, 0.2) is 0 Å². The van der Waals surface area contributed by atoms with Gasteiger partial charge in [-0.2, -0.15) is 0 Å². The molecule has 116 valence electrons. The maximum Gasteiger partial charge on any atom is 0.336 e. The summed E-state index contributed by atoms with van der Waals surface area (Å²) in [6.45, 7) is 5.54. The Labute approximate surface area is 124 Å². The van der Waals surface area contributed by atoms with E-state index in [1.165, 1.54) is 11.0 Å². The van der Waals surface area contributed by atoms with Crippen LogP contribution in [0.3, 0.4) is 0 Å². The van der Waals surface area contributed by atoms with Gasteiger partial charge in [0.1, 0.15) is 0 Å². The van der Waals surface area contributed by atoms with E-state index in [1.807, 2.05) is 20.8 Å². The summed E-state index contributed by atoms with van der Waals surface area (Å²) in [5.74, 6) is -2.42. The first-order chi connectivity index (χ1) is 9.52. The van der Waals surface area contributed by atoms with Gasteiger partial charge < -0.3 is 15.1 Å². The number of carboxylic acids is 2. The number of benzene rings is 1. The minimum atomic E-state index is -1.22. The maximum absolute atomic E-state index is 11.1. The number of hydrogen-bond acceptors (Lipinski definition) is 3. The molecular weight excluding hydrogens is 274 g/mol. The summed E-state index contributed by atoms with van der Waals surface area (Å²) < 4.78 is 0. The van der Waals surface area contributed by atoms with Crippen molar-refractivity contribution in [2.75, 3.05) is 14.1 Å². The van der Waals surface area contributed by atoms with Gasteiger partial charge in [0.05, 0.1) is 11.1 Å². The van der Waals surface area contributed by atoms with Crippen LogP contribution in [0.2, 0.25) is 0 Å². The van der Waals surface area contributed by atoms with Gasteiger partial charge in [-0.15, -0.1) is 0 Å². The lowest BCUT2D eigenvalue weighted by Crippen LogP contribution is -2.20. The van der Waals surface area contributed by atoms with Gasteiger partial charge >= 0.3 is 11.9 Å². The molecule has 6 nitrogen and oxygen atoms in total. The monoisotopic (exact) mass is 295 g/mol. The molecule has 0 unspecified atom stereocenters. The molecule has 0 heterocycles. The van der Waals surface area contributed by atoms with Crippen molar-refractivity contribution in [3.8, 4) is 0 Å². The average molecular weight is 295 g/mol. The van der Waals surface area contributed by atoms with Crippen molar-refractivity contribution >= 4 is 18.3 Å². The molecule has 0 bridgehead atoms. The molecule has 21 heavy (non-hydrogen) atoms. The van der Waals surface area contributed by atoms with Crippen molar-refractivity contribution in [3.05, 3.63) is 34.9 Å². The lowest BCUT2D eigenvalue weighted by atomic mass is 9.82. The number of hydrogen-bond donors (Lipinski definition) is 2. The van der Waals surface area contributed by atoms with Crippen LogP contribution in [0.15, 0.2) is 18.2 Å². The van der Waals surface area contributed by atoms with Crippen LogP contribution in [-0.2, 0) is 10.2 Å². The van der Waals surface area contributed by atoms with Crippen molar-refractivity contribution in [3.63, 3.8) is 0 Å². The fourth-order valence-electron chi connectivity index (χ4n) is 1.59. The van der Waals surface area contributed by atoms with Crippen LogP contribution < -0.4 is 0 Å². The third-order valence-corrected chi connectivity index (χ3v) is 2.53. The lowest BCUT2D eigenvalue weighted by Gasteiger charge is -2.22. The van der Waals surface area contributed by atoms with Crippen molar-refractivity contribution in [2.24, 2.45) is 0 Å². The minimum absolute atomic E-state index is 0.123. The Morgan fingerprint density at radius 1 is 1.10 bits per heavy atom. The summed E-state index contributed by atoms with van der Waals surface area (Å²) >= 11 is 0. The van der Waals surface area contributed by atoms with E-state index in [1.54, 1.807) is 26.2 Å². The van der Waals surface area contributed by atoms with Crippen LogP contribution in [0, 0.1) is 0 Å². The first kappa shape index (κ1) is 18.6. The second-order valence-corrected chi connectivity index (χ2v) is 5.66. The summed E-state index contributed by atoms with van der Waals surface area (Å²) in [5.41, 5.74) is -0.165. The minimum Gasteiger partial charge on any atom is -0.478 e. The molecule has 1 aromatic carbocycles. The molecule has 0 radical (unpaired) electrons. The highest BCUT2D eigenvalue weighted by Crippen LogP contribution is 2.28. The smallest absolute Gasteiger partial charge is 0.336 e. The van der Waals surface area contributed by atoms with E-state index in [9.17, 15) is 14.4 Å². The van der Waals surface area contributed by atoms with E-state index >= 15 is 0 Å². The summed E-state index contributed by atoms with van der Waals surface area (Å²) in [4.78, 5) is 32.9. The SMILES string of the molecule is CC(C)(C)c1cccc(C(=O)O)c1C(=O)O.CN(C)C=O. The third-order valence-electron chi connectivity index (χ3n) is 2.53. The van der Waals surface area contributed by atoms with E-state index in [0.29, 0.717) is 5.56 Å². The highest BCUT2D eigenvalue weighted by Gasteiger charge is 2.26. The number of carbonyl (C=O) groups excluding carboxylic acids is 1. The van der Waals surface area contributed by atoms with E-state index in [0.717, 1.165) is 6.41 Å². The van der Waals surface area contributed by atoms with E-state index in [4.69, 9.17) is 10.2 Å². The van der Waals surface area contributed by atoms with Gasteiger partial charge in [0.25, 0.3) is 0 Å². The molecule has 0 spiro atoms. The van der Waals surface area contributed by atoms with Crippen LogP contribution in [-0.4, -0.2) is 47.6 Å². The standard InChI is InChI=1S/C12H14O4.C3H7NO/c1-12(2,3)8-6-4-5-7(10(13)14)9(8)11(15)16;1-4(2)3-5/h4-6H,1-3H3,(H,13,14)(H,15,16);3H,1-2H3. The van der Waals surface area contributed by atoms with E-state index < -0.39 is 17.4 Å². The molecule has 0 aliphatic heterocycles. The molecule has 0 aliphatic carbocycles. The van der Waals surface area contributed by atoms with Crippen LogP contribution >= 0.6 is 0 Å². The Bertz CT molecular complexity index is 529. The van der Waals surface area contributed by atoms with Gasteiger partial charge in [0.2, 0.25) is 6.41 Å². The largest absolute Gasteiger partial charge is 0.478 e. The quantitative estimate of drug-likeness (QED) is 0.832. The van der Waals surface area contributed by atoms with Crippen molar-refractivity contribution in [1.82, 2.24) is 4.90 Å². The zero-order valence-corrected chi connectivity index (χ0v) is 12.9. The van der Waals surface area contributed by atoms with E-state index in [-0.39, 0.29) is 11.1 Å². The second-order valence-electron chi connectivity index (χ2n) is 5.66. The maximum atomic E-state index is 11.1. The van der Waals surface area contributed by atoms with E-state index in [2.05, 4.69) is 0 Å². The number of aromatic carboxylic acids is 2. The first-order valence-electron chi connectivity index (χ1n) is 6.24. The van der Waals surface area contributed by atoms with Gasteiger partial charge in [-0.1, -0.05) is 32.9 Å². The Morgan fingerprint density at radius 2 is 1.57 bits per heavy atom. The van der Waals surface area contributed by atoms with Crippen LogP contribution in [0.4, 0.5) is 0 Å². The summed E-state index contributed by atoms with van der Waals surface area (Å²) in [7, 11) is 3.38. The van der Waals surface area contributed by atoms with Gasteiger partial charge in [0, 0.05) is 14.1 Å². The van der Waals surface area contributed by atoms with Gasteiger partial charge in [-0.3, -0.25) is 4.79 Å². The molecule has 2 N–H and O–H groups in total. The van der Waals surface area contributed by atoms with Crippen molar-refractivity contribution < 1.29 is 24.6 Å². The number of carboxylic acid groups (broad SMARTS) is 2. The van der Waals surface area contributed by atoms with Crippen molar-refractivity contribution in [2.45, 2.75) is 26.2 Å². The number of rotatable bonds is 3. The topological polar surface area (TPSA) is 94.9 Å². The zero-order valence-electron chi connectivity index (χ0n) is 12.9. The molecule has 0 atom stereocenters. The number of carbonyl (C=O) groups is 3. The summed E-state index contributed by atoms with van der Waals surface area (Å²) in [5, 5.41) is 18.0. The Morgan fingerprint density at radius 3 is 1.86 bits per heavy atom. The fraction of sp³-hybridized carbons (Fsp3) is 0.400. The molecule has 1 rings (SSSR count). The third kappa shape index (κ3) is 5.64. The fourth-order valence-corrected chi connectivity index (χ4v) is 1.59. The molecule has 1 amide bonds. The zero-order chi connectivity index (χ0) is 16.8. The molecule has 1 aromatic rings. The normalized spacial score (nSPS) is 10.1. The predicted octanol–water partition coefficient (Wildman–Crippen LogP) is 2.08.